The van der Waals surface area contributed by atoms with Crippen LogP contribution in [0.25, 0.3) is 0 Å². The van der Waals surface area contributed by atoms with E-state index in [2.05, 4.69) is 41.5 Å². The summed E-state index contributed by atoms with van der Waals surface area (Å²) >= 11 is 0. The molecule has 5 fully saturated rings. The summed E-state index contributed by atoms with van der Waals surface area (Å²) in [4.78, 5) is 25.3. The summed E-state index contributed by atoms with van der Waals surface area (Å²) in [5, 5.41) is 0. The first-order valence-electron chi connectivity index (χ1n) is 13.4. The summed E-state index contributed by atoms with van der Waals surface area (Å²) in [7, 11) is 0. The molecule has 174 valence electrons. The summed E-state index contributed by atoms with van der Waals surface area (Å²) in [6, 6.07) is 0. The van der Waals surface area contributed by atoms with E-state index in [-0.39, 0.29) is 5.41 Å². The maximum absolute atomic E-state index is 12.9. The van der Waals surface area contributed by atoms with Crippen molar-refractivity contribution >= 4 is 11.6 Å². The van der Waals surface area contributed by atoms with Gasteiger partial charge in [0.15, 0.2) is 0 Å². The number of hydrogen-bond acceptors (Lipinski definition) is 2. The van der Waals surface area contributed by atoms with Gasteiger partial charge < -0.3 is 0 Å². The van der Waals surface area contributed by atoms with E-state index < -0.39 is 0 Å². The molecule has 0 aliphatic heterocycles. The van der Waals surface area contributed by atoms with Crippen LogP contribution < -0.4 is 0 Å². The van der Waals surface area contributed by atoms with E-state index in [1.165, 1.54) is 44.9 Å². The molecule has 0 radical (unpaired) electrons. The Morgan fingerprint density at radius 1 is 0.710 bits per heavy atom. The van der Waals surface area contributed by atoms with Crippen molar-refractivity contribution in [1.82, 2.24) is 0 Å². The van der Waals surface area contributed by atoms with Gasteiger partial charge in [0.25, 0.3) is 0 Å². The van der Waals surface area contributed by atoms with Gasteiger partial charge in [-0.25, -0.2) is 0 Å². The average molecular weight is 427 g/mol. The minimum Gasteiger partial charge on any atom is -0.300 e. The molecule has 0 amide bonds. The Bertz CT molecular complexity index is 812. The molecule has 0 aromatic carbocycles. The number of hydrogen-bond donors (Lipinski definition) is 0. The molecular weight excluding hydrogens is 380 g/mol. The Labute approximate surface area is 190 Å². The van der Waals surface area contributed by atoms with Gasteiger partial charge in [0, 0.05) is 17.8 Å². The lowest BCUT2D eigenvalue weighted by atomic mass is 9.32. The van der Waals surface area contributed by atoms with Crippen molar-refractivity contribution in [2.75, 3.05) is 0 Å². The standard InChI is InChI=1S/C29H46O2/c1-18(30)19-10-14-26(4)20(19)11-16-28(6)22(26)8-9-23-27(5)15-13-24(31)25(2,3)21(27)12-17-29(23,28)7/h19-23H,8-17H2,1-7H3/t19-,20+,21+,22-,23-,26+,27+,28-,29-/m1/s1. The van der Waals surface area contributed by atoms with E-state index in [4.69, 9.17) is 0 Å². The second kappa shape index (κ2) is 6.47. The van der Waals surface area contributed by atoms with Crippen LogP contribution >= 0.6 is 0 Å². The highest BCUT2D eigenvalue weighted by Gasteiger charge is 2.70. The summed E-state index contributed by atoms with van der Waals surface area (Å²) in [6.45, 7) is 16.8. The second-order valence-corrected chi connectivity index (χ2v) is 14.2. The van der Waals surface area contributed by atoms with Gasteiger partial charge in [-0.05, 0) is 110 Å². The predicted molar refractivity (Wildman–Crippen MR) is 126 cm³/mol. The molecule has 5 aliphatic carbocycles. The SMILES string of the molecule is CC(=O)[C@H]1CC[C@]2(C)[C@H]3CC[C@@H]4[C@@]5(C)CCC(=O)C(C)(C)[C@@H]5CC[C@@]4(C)[C@]3(C)CC[C@@H]12. The third kappa shape index (κ3) is 2.52. The highest BCUT2D eigenvalue weighted by atomic mass is 16.1. The topological polar surface area (TPSA) is 34.1 Å². The van der Waals surface area contributed by atoms with Crippen LogP contribution in [0.3, 0.4) is 0 Å². The first kappa shape index (κ1) is 22.1. The molecule has 2 nitrogen and oxygen atoms in total. The Kier molecular flexibility index (Phi) is 4.62. The van der Waals surface area contributed by atoms with E-state index in [0.29, 0.717) is 51.0 Å². The lowest BCUT2D eigenvalue weighted by Gasteiger charge is -2.72. The molecule has 0 bridgehead atoms. The number of fused-ring (bicyclic) bond motifs is 7. The monoisotopic (exact) mass is 426 g/mol. The number of rotatable bonds is 1. The zero-order valence-corrected chi connectivity index (χ0v) is 21.3. The Morgan fingerprint density at radius 3 is 1.90 bits per heavy atom. The summed E-state index contributed by atoms with van der Waals surface area (Å²) in [5.41, 5.74) is 1.22. The molecule has 31 heavy (non-hydrogen) atoms. The molecular formula is C29H46O2. The molecule has 0 N–H and O–H groups in total. The van der Waals surface area contributed by atoms with Gasteiger partial charge in [0.05, 0.1) is 0 Å². The number of carbonyl (C=O) groups is 2. The van der Waals surface area contributed by atoms with Gasteiger partial charge in [-0.2, -0.15) is 0 Å². The quantitative estimate of drug-likeness (QED) is 0.442. The number of ketones is 2. The molecule has 5 saturated carbocycles. The van der Waals surface area contributed by atoms with E-state index >= 15 is 0 Å². The Morgan fingerprint density at radius 2 is 1.29 bits per heavy atom. The maximum atomic E-state index is 12.9. The fourth-order valence-electron chi connectivity index (χ4n) is 11.5. The average Bonchev–Trinajstić information content (AvgIpc) is 3.03. The lowest BCUT2D eigenvalue weighted by molar-refractivity contribution is -0.238. The summed E-state index contributed by atoms with van der Waals surface area (Å²) in [5.74, 6) is 3.91. The first-order chi connectivity index (χ1) is 14.3. The number of carbonyl (C=O) groups excluding carboxylic acids is 2. The molecule has 0 saturated heterocycles. The molecule has 2 heteroatoms. The molecule has 9 atom stereocenters. The number of Topliss-reactive ketones (excluding diaryl/α,β-unsaturated/α-hetero) is 2. The van der Waals surface area contributed by atoms with E-state index in [1.807, 2.05) is 6.92 Å². The van der Waals surface area contributed by atoms with Crippen molar-refractivity contribution in [3.63, 3.8) is 0 Å². The van der Waals surface area contributed by atoms with Crippen LogP contribution in [0.4, 0.5) is 0 Å². The summed E-state index contributed by atoms with van der Waals surface area (Å²) < 4.78 is 0. The minimum absolute atomic E-state index is 0.157. The van der Waals surface area contributed by atoms with Crippen molar-refractivity contribution in [1.29, 1.82) is 0 Å². The largest absolute Gasteiger partial charge is 0.300 e. The van der Waals surface area contributed by atoms with Gasteiger partial charge in [-0.1, -0.05) is 41.5 Å². The van der Waals surface area contributed by atoms with Gasteiger partial charge in [-0.3, -0.25) is 9.59 Å². The first-order valence-corrected chi connectivity index (χ1v) is 13.4. The molecule has 0 unspecified atom stereocenters. The third-order valence-electron chi connectivity index (χ3n) is 13.2. The fraction of sp³-hybridized carbons (Fsp3) is 0.931. The zero-order chi connectivity index (χ0) is 22.6. The lowest BCUT2D eigenvalue weighted by Crippen LogP contribution is -2.66. The van der Waals surface area contributed by atoms with Crippen LogP contribution in [-0.4, -0.2) is 11.6 Å². The smallest absolute Gasteiger partial charge is 0.138 e. The van der Waals surface area contributed by atoms with Crippen LogP contribution in [0.15, 0.2) is 0 Å². The van der Waals surface area contributed by atoms with Gasteiger partial charge in [-0.15, -0.1) is 0 Å². The Balaban J connectivity index is 1.53. The molecule has 0 heterocycles. The molecule has 0 aromatic heterocycles. The van der Waals surface area contributed by atoms with Crippen molar-refractivity contribution < 1.29 is 9.59 Å². The van der Waals surface area contributed by atoms with Crippen LogP contribution in [0.1, 0.15) is 113 Å². The zero-order valence-electron chi connectivity index (χ0n) is 21.3. The van der Waals surface area contributed by atoms with Crippen molar-refractivity contribution in [2.45, 2.75) is 113 Å². The van der Waals surface area contributed by atoms with Crippen LogP contribution in [-0.2, 0) is 9.59 Å². The fourth-order valence-corrected chi connectivity index (χ4v) is 11.5. The van der Waals surface area contributed by atoms with Gasteiger partial charge in [0.2, 0.25) is 0 Å². The van der Waals surface area contributed by atoms with E-state index in [1.54, 1.807) is 0 Å². The molecule has 0 spiro atoms. The molecule has 5 aliphatic rings. The summed E-state index contributed by atoms with van der Waals surface area (Å²) in [6.07, 6.45) is 12.0. The maximum Gasteiger partial charge on any atom is 0.138 e. The van der Waals surface area contributed by atoms with Crippen LogP contribution in [0, 0.1) is 56.7 Å². The van der Waals surface area contributed by atoms with Crippen molar-refractivity contribution in [3.05, 3.63) is 0 Å². The highest BCUT2D eigenvalue weighted by Crippen LogP contribution is 2.77. The van der Waals surface area contributed by atoms with Gasteiger partial charge >= 0.3 is 0 Å². The van der Waals surface area contributed by atoms with E-state index in [9.17, 15) is 9.59 Å². The van der Waals surface area contributed by atoms with E-state index in [0.717, 1.165) is 31.1 Å². The second-order valence-electron chi connectivity index (χ2n) is 14.2. The van der Waals surface area contributed by atoms with Crippen LogP contribution in [0.5, 0.6) is 0 Å². The van der Waals surface area contributed by atoms with Gasteiger partial charge in [0.1, 0.15) is 11.6 Å². The van der Waals surface area contributed by atoms with Crippen molar-refractivity contribution in [2.24, 2.45) is 56.7 Å². The predicted octanol–water partition coefficient (Wildman–Crippen LogP) is 7.25. The van der Waals surface area contributed by atoms with Crippen LogP contribution in [0.2, 0.25) is 0 Å². The molecule has 0 aromatic rings. The normalized spacial score (nSPS) is 55.6. The highest BCUT2D eigenvalue weighted by molar-refractivity contribution is 5.85. The molecule has 5 rings (SSSR count). The minimum atomic E-state index is -0.157. The Hall–Kier alpha value is -0.660. The van der Waals surface area contributed by atoms with Crippen molar-refractivity contribution in [3.8, 4) is 0 Å². The third-order valence-corrected chi connectivity index (χ3v) is 13.2.